The molecule has 5 atom stereocenters. The van der Waals surface area contributed by atoms with Gasteiger partial charge in [-0.15, -0.1) is 0 Å². The van der Waals surface area contributed by atoms with Crippen LogP contribution in [0.3, 0.4) is 0 Å². The molecule has 0 heterocycles. The van der Waals surface area contributed by atoms with Gasteiger partial charge in [0, 0.05) is 18.3 Å². The molecular weight excluding hydrogens is 432 g/mol. The second-order valence-electron chi connectivity index (χ2n) is 8.10. The number of carbonyl (C=O) groups is 2. The molecule has 24 heavy (non-hydrogen) atoms. The minimum Gasteiger partial charge on any atom is -0.299 e. The van der Waals surface area contributed by atoms with E-state index in [0.717, 1.165) is 48.3 Å². The van der Waals surface area contributed by atoms with Crippen LogP contribution in [0.15, 0.2) is 20.6 Å². The molecular formula is C20H24Br2O2. The molecule has 4 aliphatic carbocycles. The zero-order valence-corrected chi connectivity index (χ0v) is 17.3. The predicted octanol–water partition coefficient (Wildman–Crippen LogP) is 5.70. The molecule has 0 bridgehead atoms. The number of halogens is 2. The molecule has 0 radical (unpaired) electrons. The zero-order chi connectivity index (χ0) is 17.1. The monoisotopic (exact) mass is 454 g/mol. The van der Waals surface area contributed by atoms with Crippen LogP contribution in [-0.4, -0.2) is 11.6 Å². The Balaban J connectivity index is 1.76. The van der Waals surface area contributed by atoms with E-state index < -0.39 is 0 Å². The van der Waals surface area contributed by atoms with Gasteiger partial charge in [0.15, 0.2) is 5.78 Å². The van der Waals surface area contributed by atoms with Crippen molar-refractivity contribution in [2.24, 2.45) is 29.1 Å². The maximum Gasteiger partial charge on any atom is 0.156 e. The van der Waals surface area contributed by atoms with E-state index in [4.69, 9.17) is 0 Å². The Labute approximate surface area is 160 Å². The fourth-order valence-corrected chi connectivity index (χ4v) is 7.22. The number of Topliss-reactive ketones (excluding diaryl/α,β-unsaturated/α-hetero) is 1. The average Bonchev–Trinajstić information content (AvgIpc) is 2.91. The first-order chi connectivity index (χ1) is 11.5. The van der Waals surface area contributed by atoms with Crippen molar-refractivity contribution >= 4 is 43.4 Å². The number of fused-ring (bicyclic) bond motifs is 5. The van der Waals surface area contributed by atoms with Crippen molar-refractivity contribution in [2.45, 2.75) is 58.3 Å². The standard InChI is InChI=1S/C20H24Br2O2/c1-2-20-8-7-13-12-4-3-11(23)9-14(12)16(19(21)22)10-15(13)17(20)5-6-18(20)24/h9,12-13,15,17H,2-8,10H2,1H3/t12-,13-,15-,17+,20+/m1/s1. The number of hydrogen-bond donors (Lipinski definition) is 0. The highest BCUT2D eigenvalue weighted by Crippen LogP contribution is 2.63. The van der Waals surface area contributed by atoms with E-state index in [0.29, 0.717) is 35.9 Å². The highest BCUT2D eigenvalue weighted by atomic mass is 79.9. The van der Waals surface area contributed by atoms with Gasteiger partial charge in [-0.1, -0.05) is 6.92 Å². The van der Waals surface area contributed by atoms with Gasteiger partial charge in [0.2, 0.25) is 0 Å². The maximum absolute atomic E-state index is 12.7. The predicted molar refractivity (Wildman–Crippen MR) is 102 cm³/mol. The van der Waals surface area contributed by atoms with Crippen LogP contribution in [0.5, 0.6) is 0 Å². The van der Waals surface area contributed by atoms with Crippen LogP contribution in [0.2, 0.25) is 0 Å². The summed E-state index contributed by atoms with van der Waals surface area (Å²) < 4.78 is 0.997. The lowest BCUT2D eigenvalue weighted by atomic mass is 9.50. The Bertz CT molecular complexity index is 659. The van der Waals surface area contributed by atoms with Crippen LogP contribution in [0.1, 0.15) is 58.3 Å². The van der Waals surface area contributed by atoms with E-state index in [9.17, 15) is 9.59 Å². The molecule has 0 amide bonds. The summed E-state index contributed by atoms with van der Waals surface area (Å²) in [6, 6.07) is 0. The van der Waals surface area contributed by atoms with Gasteiger partial charge in [0.25, 0.3) is 0 Å². The van der Waals surface area contributed by atoms with Crippen LogP contribution in [0.25, 0.3) is 0 Å². The first-order valence-electron chi connectivity index (χ1n) is 9.30. The Kier molecular flexibility index (Phi) is 4.44. The Morgan fingerprint density at radius 2 is 1.96 bits per heavy atom. The zero-order valence-electron chi connectivity index (χ0n) is 14.1. The Morgan fingerprint density at radius 3 is 2.67 bits per heavy atom. The summed E-state index contributed by atoms with van der Waals surface area (Å²) in [5.41, 5.74) is 2.50. The highest BCUT2D eigenvalue weighted by Gasteiger charge is 2.58. The second kappa shape index (κ2) is 6.19. The van der Waals surface area contributed by atoms with Crippen molar-refractivity contribution in [1.82, 2.24) is 0 Å². The van der Waals surface area contributed by atoms with Crippen molar-refractivity contribution in [3.05, 3.63) is 20.6 Å². The topological polar surface area (TPSA) is 34.1 Å². The molecule has 130 valence electrons. The van der Waals surface area contributed by atoms with Gasteiger partial charge in [0.1, 0.15) is 5.78 Å². The number of ketones is 2. The largest absolute Gasteiger partial charge is 0.299 e. The summed E-state index contributed by atoms with van der Waals surface area (Å²) >= 11 is 7.25. The summed E-state index contributed by atoms with van der Waals surface area (Å²) in [7, 11) is 0. The third-order valence-electron chi connectivity index (χ3n) is 7.52. The van der Waals surface area contributed by atoms with Crippen molar-refractivity contribution in [1.29, 1.82) is 0 Å². The molecule has 0 spiro atoms. The second-order valence-corrected chi connectivity index (χ2v) is 10.7. The molecule has 0 saturated heterocycles. The quantitative estimate of drug-likeness (QED) is 0.508. The van der Waals surface area contributed by atoms with E-state index in [1.807, 2.05) is 6.08 Å². The number of hydrogen-bond acceptors (Lipinski definition) is 2. The van der Waals surface area contributed by atoms with Crippen LogP contribution < -0.4 is 0 Å². The van der Waals surface area contributed by atoms with Gasteiger partial charge in [-0.2, -0.15) is 0 Å². The van der Waals surface area contributed by atoms with Gasteiger partial charge < -0.3 is 0 Å². The highest BCUT2D eigenvalue weighted by molar-refractivity contribution is 9.28. The number of carbonyl (C=O) groups excluding carboxylic acids is 2. The molecule has 0 aromatic heterocycles. The van der Waals surface area contributed by atoms with Crippen LogP contribution in [-0.2, 0) is 9.59 Å². The summed E-state index contributed by atoms with van der Waals surface area (Å²) in [5.74, 6) is 3.10. The lowest BCUT2D eigenvalue weighted by molar-refractivity contribution is -0.132. The number of allylic oxidation sites excluding steroid dienone is 2. The van der Waals surface area contributed by atoms with E-state index in [2.05, 4.69) is 38.8 Å². The first kappa shape index (κ1) is 17.2. The maximum atomic E-state index is 12.7. The van der Waals surface area contributed by atoms with Crippen molar-refractivity contribution in [2.75, 3.05) is 0 Å². The first-order valence-corrected chi connectivity index (χ1v) is 10.9. The molecule has 4 heteroatoms. The third kappa shape index (κ3) is 2.39. The van der Waals surface area contributed by atoms with E-state index in [1.165, 1.54) is 11.1 Å². The minimum atomic E-state index is -0.0449. The van der Waals surface area contributed by atoms with Gasteiger partial charge in [-0.25, -0.2) is 0 Å². The molecule has 4 rings (SSSR count). The lowest BCUT2D eigenvalue weighted by Gasteiger charge is -2.53. The molecule has 2 nitrogen and oxygen atoms in total. The minimum absolute atomic E-state index is 0.0449. The third-order valence-corrected chi connectivity index (χ3v) is 8.48. The molecule has 0 aromatic carbocycles. The van der Waals surface area contributed by atoms with E-state index >= 15 is 0 Å². The van der Waals surface area contributed by atoms with Crippen LogP contribution in [0.4, 0.5) is 0 Å². The molecule has 0 aromatic rings. The van der Waals surface area contributed by atoms with Gasteiger partial charge in [-0.05, 0) is 111 Å². The van der Waals surface area contributed by atoms with Crippen molar-refractivity contribution in [3.8, 4) is 0 Å². The normalized spacial score (nSPS) is 41.5. The molecule has 4 aliphatic rings. The average molecular weight is 456 g/mol. The summed E-state index contributed by atoms with van der Waals surface area (Å²) in [4.78, 5) is 24.7. The number of rotatable bonds is 1. The Hall–Kier alpha value is -0.220. The summed E-state index contributed by atoms with van der Waals surface area (Å²) in [6.07, 6.45) is 9.67. The SMILES string of the molecule is CC[C@]12CC[C@H]3[C@@H](CC(=C(Br)Br)C4=CC(=O)CC[C@@H]43)[C@@H]1CCC2=O. The van der Waals surface area contributed by atoms with Crippen molar-refractivity contribution < 1.29 is 9.59 Å². The lowest BCUT2D eigenvalue weighted by Crippen LogP contribution is -2.48. The smallest absolute Gasteiger partial charge is 0.156 e. The molecule has 0 unspecified atom stereocenters. The van der Waals surface area contributed by atoms with Crippen molar-refractivity contribution in [3.63, 3.8) is 0 Å². The summed E-state index contributed by atoms with van der Waals surface area (Å²) in [5, 5.41) is 0. The molecule has 3 fully saturated rings. The fraction of sp³-hybridized carbons (Fsp3) is 0.700. The molecule has 0 aliphatic heterocycles. The van der Waals surface area contributed by atoms with Gasteiger partial charge in [-0.3, -0.25) is 9.59 Å². The summed E-state index contributed by atoms with van der Waals surface area (Å²) in [6.45, 7) is 2.21. The van der Waals surface area contributed by atoms with Gasteiger partial charge >= 0.3 is 0 Å². The van der Waals surface area contributed by atoms with Crippen LogP contribution in [0, 0.1) is 29.1 Å². The molecule has 0 N–H and O–H groups in total. The Morgan fingerprint density at radius 1 is 1.17 bits per heavy atom. The fourth-order valence-electron chi connectivity index (χ4n) is 6.43. The van der Waals surface area contributed by atoms with E-state index in [-0.39, 0.29) is 11.2 Å². The van der Waals surface area contributed by atoms with E-state index in [1.54, 1.807) is 0 Å². The van der Waals surface area contributed by atoms with Gasteiger partial charge in [0.05, 0.1) is 3.39 Å². The van der Waals surface area contributed by atoms with Crippen LogP contribution >= 0.6 is 31.9 Å². The molecule has 3 saturated carbocycles.